The van der Waals surface area contributed by atoms with E-state index in [2.05, 4.69) is 10.3 Å². The predicted octanol–water partition coefficient (Wildman–Crippen LogP) is 3.65. The minimum absolute atomic E-state index is 0.135. The lowest BCUT2D eigenvalue weighted by atomic mass is 10.1. The number of aromatic nitrogens is 1. The maximum absolute atomic E-state index is 13.7. The van der Waals surface area contributed by atoms with E-state index < -0.39 is 17.5 Å². The number of pyridine rings is 1. The van der Waals surface area contributed by atoms with E-state index in [9.17, 15) is 13.2 Å². The predicted molar refractivity (Wildman–Crippen MR) is 65.2 cm³/mol. The summed E-state index contributed by atoms with van der Waals surface area (Å²) in [4.78, 5) is 4.02. The Morgan fingerprint density at radius 3 is 2.44 bits per heavy atom. The van der Waals surface area contributed by atoms with Gasteiger partial charge in [0.15, 0.2) is 17.5 Å². The Hall–Kier alpha value is -1.78. The summed E-state index contributed by atoms with van der Waals surface area (Å²) < 4.78 is 40.1. The van der Waals surface area contributed by atoms with Crippen molar-refractivity contribution in [2.75, 3.05) is 11.9 Å². The normalized spacial score (nSPS) is 10.9. The van der Waals surface area contributed by atoms with Crippen molar-refractivity contribution in [1.29, 1.82) is 0 Å². The Balaban J connectivity index is 2.82. The molecule has 0 atom stereocenters. The van der Waals surface area contributed by atoms with Crippen LogP contribution in [-0.2, 0) is 6.42 Å². The quantitative estimate of drug-likeness (QED) is 0.846. The molecule has 2 aromatic rings. The Bertz CT molecular complexity index is 597. The Morgan fingerprint density at radius 1 is 1.11 bits per heavy atom. The molecule has 0 aliphatic rings. The standard InChI is InChI=1S/C13H13F3N2/c1-3-7-5-10(17-4-2)8-6-9(14)11(15)12(16)13(8)18-7/h5-6H,3-4H2,1-2H3,(H,17,18). The first-order chi connectivity index (χ1) is 8.58. The van der Waals surface area contributed by atoms with Gasteiger partial charge in [-0.1, -0.05) is 6.92 Å². The third kappa shape index (κ3) is 2.00. The van der Waals surface area contributed by atoms with E-state index in [4.69, 9.17) is 0 Å². The van der Waals surface area contributed by atoms with Crippen LogP contribution in [0.1, 0.15) is 19.5 Å². The highest BCUT2D eigenvalue weighted by Crippen LogP contribution is 2.28. The van der Waals surface area contributed by atoms with Gasteiger partial charge in [0.2, 0.25) is 0 Å². The van der Waals surface area contributed by atoms with Gasteiger partial charge in [0.1, 0.15) is 5.52 Å². The number of hydrogen-bond donors (Lipinski definition) is 1. The zero-order valence-electron chi connectivity index (χ0n) is 10.2. The van der Waals surface area contributed by atoms with E-state index in [-0.39, 0.29) is 10.9 Å². The van der Waals surface area contributed by atoms with Crippen molar-refractivity contribution in [2.24, 2.45) is 0 Å². The van der Waals surface area contributed by atoms with Gasteiger partial charge < -0.3 is 5.32 Å². The van der Waals surface area contributed by atoms with Gasteiger partial charge in [-0.15, -0.1) is 0 Å². The van der Waals surface area contributed by atoms with Crippen LogP contribution in [0.25, 0.3) is 10.9 Å². The molecule has 1 aromatic carbocycles. The molecule has 0 aliphatic heterocycles. The monoisotopic (exact) mass is 254 g/mol. The summed E-state index contributed by atoms with van der Waals surface area (Å²) in [5, 5.41) is 3.26. The maximum atomic E-state index is 13.7. The van der Waals surface area contributed by atoms with E-state index in [0.717, 1.165) is 6.07 Å². The lowest BCUT2D eigenvalue weighted by Crippen LogP contribution is -2.03. The topological polar surface area (TPSA) is 24.9 Å². The number of nitrogens with zero attached hydrogens (tertiary/aromatic N) is 1. The second-order valence-electron chi connectivity index (χ2n) is 3.93. The molecule has 96 valence electrons. The summed E-state index contributed by atoms with van der Waals surface area (Å²) in [5.74, 6) is -3.92. The largest absolute Gasteiger partial charge is 0.385 e. The minimum atomic E-state index is -1.48. The van der Waals surface area contributed by atoms with Crippen LogP contribution in [-0.4, -0.2) is 11.5 Å². The molecular weight excluding hydrogens is 241 g/mol. The number of fused-ring (bicyclic) bond motifs is 1. The lowest BCUT2D eigenvalue weighted by Gasteiger charge is -2.11. The maximum Gasteiger partial charge on any atom is 0.196 e. The van der Waals surface area contributed by atoms with E-state index in [1.807, 2.05) is 13.8 Å². The third-order valence-electron chi connectivity index (χ3n) is 2.72. The number of nitrogens with one attached hydrogen (secondary N) is 1. The molecule has 18 heavy (non-hydrogen) atoms. The lowest BCUT2D eigenvalue weighted by molar-refractivity contribution is 0.452. The van der Waals surface area contributed by atoms with Crippen LogP contribution < -0.4 is 5.32 Å². The molecule has 0 aliphatic carbocycles. The molecule has 1 aromatic heterocycles. The molecule has 0 radical (unpaired) electrons. The van der Waals surface area contributed by atoms with Crippen LogP contribution in [0.3, 0.4) is 0 Å². The van der Waals surface area contributed by atoms with E-state index in [0.29, 0.717) is 24.3 Å². The fourth-order valence-corrected chi connectivity index (χ4v) is 1.84. The Morgan fingerprint density at radius 2 is 1.83 bits per heavy atom. The van der Waals surface area contributed by atoms with Gasteiger partial charge in [-0.2, -0.15) is 0 Å². The molecule has 5 heteroatoms. The number of rotatable bonds is 3. The average molecular weight is 254 g/mol. The van der Waals surface area contributed by atoms with Crippen molar-refractivity contribution in [1.82, 2.24) is 4.98 Å². The highest BCUT2D eigenvalue weighted by Gasteiger charge is 2.17. The SMILES string of the molecule is CCNc1cc(CC)nc2c(F)c(F)c(F)cc12. The number of halogens is 3. The van der Waals surface area contributed by atoms with Gasteiger partial charge in [-0.3, -0.25) is 0 Å². The first-order valence-electron chi connectivity index (χ1n) is 5.79. The van der Waals surface area contributed by atoms with E-state index >= 15 is 0 Å². The van der Waals surface area contributed by atoms with Crippen molar-refractivity contribution >= 4 is 16.6 Å². The summed E-state index contributed by atoms with van der Waals surface area (Å²) in [6.45, 7) is 4.33. The molecule has 0 spiro atoms. The second-order valence-corrected chi connectivity index (χ2v) is 3.93. The molecule has 2 nitrogen and oxygen atoms in total. The van der Waals surface area contributed by atoms with Crippen molar-refractivity contribution in [3.05, 3.63) is 35.3 Å². The van der Waals surface area contributed by atoms with Crippen molar-refractivity contribution in [3.8, 4) is 0 Å². The van der Waals surface area contributed by atoms with Crippen LogP contribution in [0.2, 0.25) is 0 Å². The van der Waals surface area contributed by atoms with Gasteiger partial charge in [-0.25, -0.2) is 18.2 Å². The molecule has 1 heterocycles. The van der Waals surface area contributed by atoms with Crippen LogP contribution >= 0.6 is 0 Å². The van der Waals surface area contributed by atoms with Gasteiger partial charge in [0.25, 0.3) is 0 Å². The van der Waals surface area contributed by atoms with Gasteiger partial charge >= 0.3 is 0 Å². The summed E-state index contributed by atoms with van der Waals surface area (Å²) in [7, 11) is 0. The number of anilines is 1. The van der Waals surface area contributed by atoms with Crippen molar-refractivity contribution in [2.45, 2.75) is 20.3 Å². The number of benzene rings is 1. The van der Waals surface area contributed by atoms with Crippen molar-refractivity contribution in [3.63, 3.8) is 0 Å². The molecule has 0 amide bonds. The average Bonchev–Trinajstić information content (AvgIpc) is 2.37. The van der Waals surface area contributed by atoms with Crippen LogP contribution in [0.4, 0.5) is 18.9 Å². The molecule has 0 fully saturated rings. The van der Waals surface area contributed by atoms with E-state index in [1.165, 1.54) is 0 Å². The summed E-state index contributed by atoms with van der Waals surface area (Å²) in [6, 6.07) is 2.70. The first-order valence-corrected chi connectivity index (χ1v) is 5.79. The summed E-state index contributed by atoms with van der Waals surface area (Å²) in [5.41, 5.74) is 1.06. The highest BCUT2D eigenvalue weighted by atomic mass is 19.2. The Kier molecular flexibility index (Phi) is 3.41. The summed E-state index contributed by atoms with van der Waals surface area (Å²) in [6.07, 6.45) is 0.590. The van der Waals surface area contributed by atoms with Crippen LogP contribution in [0.5, 0.6) is 0 Å². The smallest absolute Gasteiger partial charge is 0.196 e. The van der Waals surface area contributed by atoms with Crippen LogP contribution in [0.15, 0.2) is 12.1 Å². The molecule has 0 bridgehead atoms. The molecule has 2 rings (SSSR count). The molecule has 0 saturated carbocycles. The number of aryl methyl sites for hydroxylation is 1. The molecule has 0 saturated heterocycles. The fourth-order valence-electron chi connectivity index (χ4n) is 1.84. The van der Waals surface area contributed by atoms with Gasteiger partial charge in [0, 0.05) is 23.3 Å². The van der Waals surface area contributed by atoms with Crippen LogP contribution in [0, 0.1) is 17.5 Å². The molecule has 0 unspecified atom stereocenters. The van der Waals surface area contributed by atoms with Gasteiger partial charge in [-0.05, 0) is 25.5 Å². The zero-order chi connectivity index (χ0) is 13.3. The minimum Gasteiger partial charge on any atom is -0.385 e. The third-order valence-corrected chi connectivity index (χ3v) is 2.72. The highest BCUT2D eigenvalue weighted by molar-refractivity contribution is 5.92. The fraction of sp³-hybridized carbons (Fsp3) is 0.308. The van der Waals surface area contributed by atoms with Gasteiger partial charge in [0.05, 0.1) is 0 Å². The number of hydrogen-bond acceptors (Lipinski definition) is 2. The molecule has 1 N–H and O–H groups in total. The summed E-state index contributed by atoms with van der Waals surface area (Å²) >= 11 is 0. The zero-order valence-corrected chi connectivity index (χ0v) is 10.2. The second kappa shape index (κ2) is 4.84. The Labute approximate surface area is 103 Å². The first kappa shape index (κ1) is 12.7. The van der Waals surface area contributed by atoms with Crippen molar-refractivity contribution < 1.29 is 13.2 Å². The van der Waals surface area contributed by atoms with E-state index in [1.54, 1.807) is 6.07 Å². The molecular formula is C13H13F3N2.